The molecule has 3 rings (SSSR count). The van der Waals surface area contributed by atoms with Gasteiger partial charge in [0.05, 0.1) is 40.1 Å². The van der Waals surface area contributed by atoms with E-state index in [1.807, 2.05) is 39.0 Å². The van der Waals surface area contributed by atoms with Gasteiger partial charge in [0, 0.05) is 18.6 Å². The number of nitro groups is 1. The number of ether oxygens (including phenoxy) is 1. The van der Waals surface area contributed by atoms with Gasteiger partial charge in [-0.3, -0.25) is 19.6 Å². The van der Waals surface area contributed by atoms with Gasteiger partial charge in [0.15, 0.2) is 0 Å². The summed E-state index contributed by atoms with van der Waals surface area (Å²) < 4.78 is 7.45. The lowest BCUT2D eigenvalue weighted by molar-refractivity contribution is -0.384. The van der Waals surface area contributed by atoms with Crippen molar-refractivity contribution in [2.75, 3.05) is 5.32 Å². The Morgan fingerprint density at radius 1 is 1.13 bits per heavy atom. The summed E-state index contributed by atoms with van der Waals surface area (Å²) in [5.41, 5.74) is 2.89. The molecule has 9 heteroatoms. The minimum atomic E-state index is -0.529. The summed E-state index contributed by atoms with van der Waals surface area (Å²) in [6.07, 6.45) is 1.65. The molecule has 0 fully saturated rings. The fourth-order valence-corrected chi connectivity index (χ4v) is 3.17. The van der Waals surface area contributed by atoms with E-state index in [1.54, 1.807) is 10.7 Å². The zero-order chi connectivity index (χ0) is 21.8. The van der Waals surface area contributed by atoms with Gasteiger partial charge in [0.25, 0.3) is 5.69 Å². The van der Waals surface area contributed by atoms with E-state index in [-0.39, 0.29) is 29.5 Å². The first-order valence-corrected chi connectivity index (χ1v) is 9.62. The Kier molecular flexibility index (Phi) is 6.37. The van der Waals surface area contributed by atoms with Crippen LogP contribution in [0.4, 0.5) is 11.4 Å². The molecule has 0 aliphatic heterocycles. The second-order valence-corrected chi connectivity index (χ2v) is 7.40. The first-order chi connectivity index (χ1) is 14.2. The van der Waals surface area contributed by atoms with Gasteiger partial charge in [-0.15, -0.1) is 0 Å². The van der Waals surface area contributed by atoms with Crippen molar-refractivity contribution in [3.8, 4) is 11.5 Å². The zero-order valence-corrected chi connectivity index (χ0v) is 17.6. The highest BCUT2D eigenvalue weighted by Gasteiger charge is 2.14. The van der Waals surface area contributed by atoms with E-state index >= 15 is 0 Å². The number of rotatable bonds is 7. The van der Waals surface area contributed by atoms with Crippen molar-refractivity contribution in [1.29, 1.82) is 0 Å². The molecule has 1 heterocycles. The average Bonchev–Trinajstić information content (AvgIpc) is 2.97. The summed E-state index contributed by atoms with van der Waals surface area (Å²) in [4.78, 5) is 23.1. The van der Waals surface area contributed by atoms with Crippen molar-refractivity contribution in [3.05, 3.63) is 74.6 Å². The molecule has 0 aliphatic carbocycles. The molecule has 0 aliphatic rings. The molecule has 0 atom stereocenters. The number of benzene rings is 2. The number of anilines is 1. The van der Waals surface area contributed by atoms with E-state index in [0.717, 1.165) is 16.8 Å². The minimum absolute atomic E-state index is 0.134. The Labute approximate surface area is 178 Å². The summed E-state index contributed by atoms with van der Waals surface area (Å²) in [7, 11) is 0. The third-order valence-corrected chi connectivity index (χ3v) is 4.78. The van der Waals surface area contributed by atoms with E-state index in [4.69, 9.17) is 16.3 Å². The van der Waals surface area contributed by atoms with Crippen LogP contribution < -0.4 is 10.1 Å². The smallest absolute Gasteiger partial charge is 0.275 e. The number of hydrogen-bond acceptors (Lipinski definition) is 5. The van der Waals surface area contributed by atoms with Crippen LogP contribution in [0.1, 0.15) is 23.2 Å². The molecule has 2 aromatic carbocycles. The monoisotopic (exact) mass is 428 g/mol. The van der Waals surface area contributed by atoms with E-state index in [2.05, 4.69) is 10.4 Å². The summed E-state index contributed by atoms with van der Waals surface area (Å²) >= 11 is 5.96. The summed E-state index contributed by atoms with van der Waals surface area (Å²) in [5.74, 6) is 0.523. The van der Waals surface area contributed by atoms with E-state index in [1.165, 1.54) is 18.3 Å². The zero-order valence-electron chi connectivity index (χ0n) is 16.8. The standard InChI is InChI=1S/C21H21ClN4O4/c1-13-6-14(2)8-18(7-13)30-19-10-16(9-17(11-19)26(28)29)24-21(27)4-5-25-15(3)20(22)12-23-25/h6-12H,4-5H2,1-3H3,(H,24,27). The van der Waals surface area contributed by atoms with Crippen molar-refractivity contribution >= 4 is 28.9 Å². The molecule has 1 aromatic heterocycles. The molecule has 1 amide bonds. The highest BCUT2D eigenvalue weighted by atomic mass is 35.5. The number of nitrogens with one attached hydrogen (secondary N) is 1. The second-order valence-electron chi connectivity index (χ2n) is 7.00. The Morgan fingerprint density at radius 2 is 1.80 bits per heavy atom. The quantitative estimate of drug-likeness (QED) is 0.412. The van der Waals surface area contributed by atoms with Crippen LogP contribution in [0, 0.1) is 30.9 Å². The molecule has 30 heavy (non-hydrogen) atoms. The maximum absolute atomic E-state index is 12.3. The van der Waals surface area contributed by atoms with Crippen LogP contribution in [0.3, 0.4) is 0 Å². The number of carbonyl (C=O) groups is 1. The van der Waals surface area contributed by atoms with Crippen LogP contribution in [-0.2, 0) is 11.3 Å². The molecule has 3 aromatic rings. The number of nitrogens with zero attached hydrogens (tertiary/aromatic N) is 3. The molecule has 0 radical (unpaired) electrons. The third-order valence-electron chi connectivity index (χ3n) is 4.41. The van der Waals surface area contributed by atoms with Crippen LogP contribution >= 0.6 is 11.6 Å². The van der Waals surface area contributed by atoms with Crippen LogP contribution in [0.25, 0.3) is 0 Å². The highest BCUT2D eigenvalue weighted by molar-refractivity contribution is 6.31. The lowest BCUT2D eigenvalue weighted by atomic mass is 10.1. The van der Waals surface area contributed by atoms with E-state index in [0.29, 0.717) is 17.3 Å². The van der Waals surface area contributed by atoms with E-state index in [9.17, 15) is 14.9 Å². The lowest BCUT2D eigenvalue weighted by Gasteiger charge is -2.11. The summed E-state index contributed by atoms with van der Waals surface area (Å²) in [5, 5.41) is 18.6. The molecule has 0 bridgehead atoms. The molecule has 0 spiro atoms. The largest absolute Gasteiger partial charge is 0.457 e. The minimum Gasteiger partial charge on any atom is -0.457 e. The molecule has 8 nitrogen and oxygen atoms in total. The topological polar surface area (TPSA) is 99.3 Å². The number of aryl methyl sites for hydroxylation is 3. The molecule has 1 N–H and O–H groups in total. The van der Waals surface area contributed by atoms with E-state index < -0.39 is 4.92 Å². The number of amides is 1. The van der Waals surface area contributed by atoms with Gasteiger partial charge in [0.1, 0.15) is 11.5 Å². The number of halogens is 1. The predicted molar refractivity (Wildman–Crippen MR) is 114 cm³/mol. The number of carbonyl (C=O) groups excluding carboxylic acids is 1. The Morgan fingerprint density at radius 3 is 2.40 bits per heavy atom. The molecular formula is C21H21ClN4O4. The normalized spacial score (nSPS) is 10.7. The van der Waals surface area contributed by atoms with Crippen molar-refractivity contribution in [3.63, 3.8) is 0 Å². The predicted octanol–water partition coefficient (Wildman–Crippen LogP) is 5.19. The van der Waals surface area contributed by atoms with Crippen LogP contribution in [0.2, 0.25) is 5.02 Å². The first-order valence-electron chi connectivity index (χ1n) is 9.24. The summed E-state index contributed by atoms with van der Waals surface area (Å²) in [6.45, 7) is 6.02. The van der Waals surface area contributed by atoms with Gasteiger partial charge < -0.3 is 10.1 Å². The second kappa shape index (κ2) is 8.96. The molecule has 0 unspecified atom stereocenters. The van der Waals surface area contributed by atoms with Crippen molar-refractivity contribution in [2.24, 2.45) is 0 Å². The number of non-ortho nitro benzene ring substituents is 1. The first kappa shape index (κ1) is 21.3. The maximum atomic E-state index is 12.3. The van der Waals surface area contributed by atoms with Gasteiger partial charge in [-0.05, 0) is 44.0 Å². The Hall–Kier alpha value is -3.39. The molecule has 0 saturated heterocycles. The number of aromatic nitrogens is 2. The Bertz CT molecular complexity index is 1090. The van der Waals surface area contributed by atoms with Gasteiger partial charge in [-0.2, -0.15) is 5.10 Å². The van der Waals surface area contributed by atoms with Gasteiger partial charge in [-0.1, -0.05) is 17.7 Å². The Balaban J connectivity index is 1.75. The van der Waals surface area contributed by atoms with Crippen LogP contribution in [0.15, 0.2) is 42.6 Å². The average molecular weight is 429 g/mol. The van der Waals surface area contributed by atoms with Crippen molar-refractivity contribution < 1.29 is 14.5 Å². The van der Waals surface area contributed by atoms with Gasteiger partial charge >= 0.3 is 0 Å². The SMILES string of the molecule is Cc1cc(C)cc(Oc2cc(NC(=O)CCn3ncc(Cl)c3C)cc([N+](=O)[O-])c2)c1. The van der Waals surface area contributed by atoms with Crippen LogP contribution in [-0.4, -0.2) is 20.6 Å². The fourth-order valence-electron chi connectivity index (χ4n) is 3.03. The summed E-state index contributed by atoms with van der Waals surface area (Å²) in [6, 6.07) is 9.84. The third kappa shape index (κ3) is 5.36. The molecule has 0 saturated carbocycles. The highest BCUT2D eigenvalue weighted by Crippen LogP contribution is 2.30. The maximum Gasteiger partial charge on any atom is 0.275 e. The van der Waals surface area contributed by atoms with Crippen LogP contribution in [0.5, 0.6) is 11.5 Å². The van der Waals surface area contributed by atoms with Gasteiger partial charge in [0.2, 0.25) is 5.91 Å². The molecule has 156 valence electrons. The van der Waals surface area contributed by atoms with Crippen molar-refractivity contribution in [1.82, 2.24) is 9.78 Å². The number of hydrogen-bond donors (Lipinski definition) is 1. The van der Waals surface area contributed by atoms with Crippen molar-refractivity contribution in [2.45, 2.75) is 33.7 Å². The molecular weight excluding hydrogens is 408 g/mol. The number of nitro benzene ring substituents is 1. The van der Waals surface area contributed by atoms with Gasteiger partial charge in [-0.25, -0.2) is 0 Å². The fraction of sp³-hybridized carbons (Fsp3) is 0.238. The lowest BCUT2D eigenvalue weighted by Crippen LogP contribution is -2.15.